The fourth-order valence-corrected chi connectivity index (χ4v) is 4.21. The molecular formula is C23H23FN6O3. The first-order valence-electron chi connectivity index (χ1n) is 10.0. The second-order valence-electron chi connectivity index (χ2n) is 7.59. The summed E-state index contributed by atoms with van der Waals surface area (Å²) < 4.78 is 16.2. The van der Waals surface area contributed by atoms with Crippen molar-refractivity contribution < 1.29 is 14.2 Å². The maximum atomic E-state index is 13.3. The SMILES string of the molecule is COc1cc2ncc3c(c2cc1-c1cn(C)nc1C)n(-c1ccncc1OC)c(=O)n3C.F. The number of methoxy groups -OCH3 is 2. The summed E-state index contributed by atoms with van der Waals surface area (Å²) in [6.07, 6.45) is 6.89. The predicted molar refractivity (Wildman–Crippen MR) is 124 cm³/mol. The molecule has 0 amide bonds. The molecule has 9 nitrogen and oxygen atoms in total. The van der Waals surface area contributed by atoms with E-state index in [0.29, 0.717) is 28.2 Å². The van der Waals surface area contributed by atoms with Gasteiger partial charge in [0.1, 0.15) is 5.75 Å². The predicted octanol–water partition coefficient (Wildman–Crippen LogP) is 3.15. The molecule has 0 bridgehead atoms. The van der Waals surface area contributed by atoms with Crippen molar-refractivity contribution in [2.45, 2.75) is 6.92 Å². The van der Waals surface area contributed by atoms with Crippen molar-refractivity contribution in [1.29, 1.82) is 0 Å². The van der Waals surface area contributed by atoms with Crippen LogP contribution in [0.4, 0.5) is 4.70 Å². The first kappa shape index (κ1) is 22.0. The van der Waals surface area contributed by atoms with Gasteiger partial charge in [-0.2, -0.15) is 5.10 Å². The Balaban J connectivity index is 0.00000259. The molecule has 0 saturated carbocycles. The molecule has 0 N–H and O–H groups in total. The van der Waals surface area contributed by atoms with Gasteiger partial charge < -0.3 is 9.47 Å². The summed E-state index contributed by atoms with van der Waals surface area (Å²) in [7, 11) is 6.81. The Morgan fingerprint density at radius 1 is 1.00 bits per heavy atom. The Hall–Kier alpha value is -4.21. The van der Waals surface area contributed by atoms with E-state index >= 15 is 0 Å². The van der Waals surface area contributed by atoms with Crippen molar-refractivity contribution in [3.05, 3.63) is 59.2 Å². The number of pyridine rings is 2. The quantitative estimate of drug-likeness (QED) is 0.418. The summed E-state index contributed by atoms with van der Waals surface area (Å²) in [6, 6.07) is 5.67. The van der Waals surface area contributed by atoms with E-state index in [1.54, 1.807) is 59.7 Å². The van der Waals surface area contributed by atoms with Crippen LogP contribution < -0.4 is 15.2 Å². The smallest absolute Gasteiger partial charge is 0.333 e. The number of benzene rings is 1. The second kappa shape index (κ2) is 8.05. The monoisotopic (exact) mass is 450 g/mol. The molecule has 4 heterocycles. The third kappa shape index (κ3) is 3.22. The average molecular weight is 450 g/mol. The molecule has 0 aliphatic heterocycles. The molecule has 0 atom stereocenters. The minimum atomic E-state index is -0.200. The number of halogens is 1. The standard InChI is InChI=1S/C23H22N6O3.FH/c1-13-16(12-27(2)26-13)14-8-15-17(9-20(14)31-4)25-10-19-22(15)29(23(30)28(19)3)18-6-7-24-11-21(18)32-5;/h6-12H,1-5H3;1H. The number of aromatic nitrogens is 6. The molecule has 4 aromatic heterocycles. The van der Waals surface area contributed by atoms with Crippen LogP contribution in [-0.4, -0.2) is 43.1 Å². The maximum absolute atomic E-state index is 13.3. The van der Waals surface area contributed by atoms with Crippen LogP contribution in [-0.2, 0) is 14.1 Å². The van der Waals surface area contributed by atoms with Gasteiger partial charge in [-0.15, -0.1) is 0 Å². The zero-order valence-electron chi connectivity index (χ0n) is 18.9. The van der Waals surface area contributed by atoms with E-state index in [-0.39, 0.29) is 10.4 Å². The molecule has 0 spiro atoms. The Labute approximate surface area is 188 Å². The van der Waals surface area contributed by atoms with Crippen LogP contribution in [0, 0.1) is 6.92 Å². The average Bonchev–Trinajstić information content (AvgIpc) is 3.27. The summed E-state index contributed by atoms with van der Waals surface area (Å²) in [6.45, 7) is 1.96. The topological polar surface area (TPSA) is 89.0 Å². The number of rotatable bonds is 4. The molecule has 170 valence electrons. The summed E-state index contributed by atoms with van der Waals surface area (Å²) in [5, 5.41) is 5.29. The molecule has 0 radical (unpaired) electrons. The molecule has 0 aliphatic carbocycles. The van der Waals surface area contributed by atoms with Crippen LogP contribution in [0.3, 0.4) is 0 Å². The van der Waals surface area contributed by atoms with E-state index in [2.05, 4.69) is 15.1 Å². The van der Waals surface area contributed by atoms with Gasteiger partial charge in [0.2, 0.25) is 0 Å². The molecule has 10 heteroatoms. The molecule has 5 aromatic rings. The van der Waals surface area contributed by atoms with E-state index in [0.717, 1.165) is 27.7 Å². The summed E-state index contributed by atoms with van der Waals surface area (Å²) in [5.41, 5.74) is 5.28. The zero-order chi connectivity index (χ0) is 22.6. The van der Waals surface area contributed by atoms with Crippen LogP contribution in [0.15, 0.2) is 47.8 Å². The van der Waals surface area contributed by atoms with E-state index in [4.69, 9.17) is 9.47 Å². The van der Waals surface area contributed by atoms with Gasteiger partial charge in [-0.25, -0.2) is 4.79 Å². The van der Waals surface area contributed by atoms with Crippen molar-refractivity contribution in [2.75, 3.05) is 14.2 Å². The zero-order valence-corrected chi connectivity index (χ0v) is 18.9. The van der Waals surface area contributed by atoms with Gasteiger partial charge in [0.25, 0.3) is 0 Å². The molecular weight excluding hydrogens is 427 g/mol. The molecule has 0 unspecified atom stereocenters. The van der Waals surface area contributed by atoms with Gasteiger partial charge >= 0.3 is 5.69 Å². The minimum Gasteiger partial charge on any atom is -0.496 e. The molecule has 1 aromatic carbocycles. The van der Waals surface area contributed by atoms with Crippen LogP contribution in [0.1, 0.15) is 5.69 Å². The second-order valence-corrected chi connectivity index (χ2v) is 7.59. The molecule has 0 fully saturated rings. The lowest BCUT2D eigenvalue weighted by molar-refractivity contribution is 0.411. The van der Waals surface area contributed by atoms with Gasteiger partial charge in [-0.3, -0.25) is 28.5 Å². The highest BCUT2D eigenvalue weighted by Gasteiger charge is 2.21. The minimum absolute atomic E-state index is 0. The highest BCUT2D eigenvalue weighted by molar-refractivity contribution is 6.06. The number of imidazole rings is 1. The number of hydrogen-bond acceptors (Lipinski definition) is 6. The molecule has 5 rings (SSSR count). The lowest BCUT2D eigenvalue weighted by atomic mass is 10.0. The van der Waals surface area contributed by atoms with E-state index in [9.17, 15) is 4.79 Å². The third-order valence-electron chi connectivity index (χ3n) is 5.73. The van der Waals surface area contributed by atoms with E-state index in [1.165, 1.54) is 0 Å². The number of nitrogens with zero attached hydrogens (tertiary/aromatic N) is 6. The Kier molecular flexibility index (Phi) is 5.36. The van der Waals surface area contributed by atoms with Crippen LogP contribution in [0.25, 0.3) is 38.8 Å². The van der Waals surface area contributed by atoms with Crippen LogP contribution >= 0.6 is 0 Å². The van der Waals surface area contributed by atoms with Gasteiger partial charge in [0.15, 0.2) is 5.75 Å². The van der Waals surface area contributed by atoms with Gasteiger partial charge in [0, 0.05) is 49.1 Å². The highest BCUT2D eigenvalue weighted by Crippen LogP contribution is 2.38. The molecule has 33 heavy (non-hydrogen) atoms. The first-order valence-corrected chi connectivity index (χ1v) is 10.0. The first-order chi connectivity index (χ1) is 15.4. The Morgan fingerprint density at radius 3 is 2.42 bits per heavy atom. The van der Waals surface area contributed by atoms with Crippen molar-refractivity contribution in [3.8, 4) is 28.3 Å². The molecule has 0 saturated heterocycles. The van der Waals surface area contributed by atoms with Crippen LogP contribution in [0.2, 0.25) is 0 Å². The number of aryl methyl sites for hydroxylation is 3. The van der Waals surface area contributed by atoms with Crippen molar-refractivity contribution >= 4 is 21.9 Å². The lowest BCUT2D eigenvalue weighted by Crippen LogP contribution is -2.21. The number of hydrogen-bond donors (Lipinski definition) is 0. The van der Waals surface area contributed by atoms with E-state index < -0.39 is 0 Å². The van der Waals surface area contributed by atoms with Crippen molar-refractivity contribution in [2.24, 2.45) is 14.1 Å². The van der Waals surface area contributed by atoms with Crippen molar-refractivity contribution in [3.63, 3.8) is 0 Å². The summed E-state index contributed by atoms with van der Waals surface area (Å²) in [4.78, 5) is 22.1. The van der Waals surface area contributed by atoms with Gasteiger partial charge in [-0.1, -0.05) is 0 Å². The number of fused-ring (bicyclic) bond motifs is 3. The third-order valence-corrected chi connectivity index (χ3v) is 5.73. The largest absolute Gasteiger partial charge is 0.496 e. The maximum Gasteiger partial charge on any atom is 0.333 e. The highest BCUT2D eigenvalue weighted by atomic mass is 19.0. The molecule has 0 aliphatic rings. The van der Waals surface area contributed by atoms with Crippen LogP contribution in [0.5, 0.6) is 11.5 Å². The van der Waals surface area contributed by atoms with E-state index in [1.807, 2.05) is 32.3 Å². The lowest BCUT2D eigenvalue weighted by Gasteiger charge is -2.12. The fraction of sp³-hybridized carbons (Fsp3) is 0.217. The van der Waals surface area contributed by atoms with Crippen molar-refractivity contribution in [1.82, 2.24) is 28.9 Å². The summed E-state index contributed by atoms with van der Waals surface area (Å²) >= 11 is 0. The Bertz CT molecular complexity index is 1570. The fourth-order valence-electron chi connectivity index (χ4n) is 4.21. The normalized spacial score (nSPS) is 11.1. The Morgan fingerprint density at radius 2 is 1.76 bits per heavy atom. The van der Waals surface area contributed by atoms with Gasteiger partial charge in [-0.05, 0) is 19.1 Å². The number of ether oxygens (including phenoxy) is 2. The van der Waals surface area contributed by atoms with Gasteiger partial charge in [0.05, 0.1) is 54.5 Å². The summed E-state index contributed by atoms with van der Waals surface area (Å²) in [5.74, 6) is 1.19.